The lowest BCUT2D eigenvalue weighted by atomic mass is 9.71. The molecule has 0 radical (unpaired) electrons. The second-order valence-electron chi connectivity index (χ2n) is 6.50. The normalized spacial score (nSPS) is 31.5. The van der Waals surface area contributed by atoms with Gasteiger partial charge in [-0.15, -0.1) is 0 Å². The summed E-state index contributed by atoms with van der Waals surface area (Å²) < 4.78 is 5.47. The fraction of sp³-hybridized carbons (Fsp3) is 0.933. The summed E-state index contributed by atoms with van der Waals surface area (Å²) in [5.74, 6) is 0.442. The Balaban J connectivity index is 1.61. The first-order valence-corrected chi connectivity index (χ1v) is 7.89. The summed E-state index contributed by atoms with van der Waals surface area (Å²) in [6.45, 7) is 3.46. The average Bonchev–Trinajstić information content (AvgIpc) is 2.84. The minimum Gasteiger partial charge on any atom is -0.381 e. The molecule has 3 fully saturated rings. The Bertz CT molecular complexity index is 320. The highest BCUT2D eigenvalue weighted by Crippen LogP contribution is 2.41. The second kappa shape index (κ2) is 5.80. The van der Waals surface area contributed by atoms with E-state index in [1.54, 1.807) is 0 Å². The van der Waals surface area contributed by atoms with Gasteiger partial charge in [-0.3, -0.25) is 4.79 Å². The maximum atomic E-state index is 12.6. The second-order valence-corrected chi connectivity index (χ2v) is 6.50. The summed E-state index contributed by atoms with van der Waals surface area (Å²) in [7, 11) is 0. The van der Waals surface area contributed by atoms with Crippen molar-refractivity contribution in [3.63, 3.8) is 0 Å². The molecule has 108 valence electrons. The van der Waals surface area contributed by atoms with E-state index in [0.29, 0.717) is 11.9 Å². The van der Waals surface area contributed by atoms with Crippen LogP contribution < -0.4 is 10.6 Å². The first-order valence-electron chi connectivity index (χ1n) is 7.89. The zero-order chi connectivity index (χ0) is 13.1. The molecule has 0 aromatic carbocycles. The van der Waals surface area contributed by atoms with Gasteiger partial charge in [-0.2, -0.15) is 0 Å². The van der Waals surface area contributed by atoms with Crippen molar-refractivity contribution in [1.29, 1.82) is 0 Å². The molecule has 2 N–H and O–H groups in total. The van der Waals surface area contributed by atoms with Crippen LogP contribution in [-0.2, 0) is 9.53 Å². The van der Waals surface area contributed by atoms with E-state index in [0.717, 1.165) is 39.1 Å². The maximum absolute atomic E-state index is 12.6. The summed E-state index contributed by atoms with van der Waals surface area (Å²) in [5, 5.41) is 6.75. The van der Waals surface area contributed by atoms with Gasteiger partial charge in [0.25, 0.3) is 0 Å². The zero-order valence-electron chi connectivity index (χ0n) is 11.7. The molecule has 0 bridgehead atoms. The van der Waals surface area contributed by atoms with Crippen LogP contribution in [0.2, 0.25) is 0 Å². The van der Waals surface area contributed by atoms with Gasteiger partial charge in [-0.25, -0.2) is 0 Å². The molecule has 0 aromatic heterocycles. The Labute approximate surface area is 115 Å². The van der Waals surface area contributed by atoms with Crippen LogP contribution >= 0.6 is 0 Å². The van der Waals surface area contributed by atoms with Crippen LogP contribution in [0.5, 0.6) is 0 Å². The maximum Gasteiger partial charge on any atom is 0.225 e. The third-order valence-electron chi connectivity index (χ3n) is 5.32. The fourth-order valence-electron chi connectivity index (χ4n) is 4.03. The molecule has 2 saturated heterocycles. The van der Waals surface area contributed by atoms with Gasteiger partial charge in [-0.1, -0.05) is 19.3 Å². The molecule has 2 heterocycles. The van der Waals surface area contributed by atoms with Crippen molar-refractivity contribution in [3.8, 4) is 0 Å². The van der Waals surface area contributed by atoms with E-state index in [2.05, 4.69) is 10.6 Å². The molecule has 3 rings (SSSR count). The molecule has 2 aliphatic heterocycles. The lowest BCUT2D eigenvalue weighted by Crippen LogP contribution is -2.47. The number of hydrogen-bond acceptors (Lipinski definition) is 3. The van der Waals surface area contributed by atoms with E-state index >= 15 is 0 Å². The summed E-state index contributed by atoms with van der Waals surface area (Å²) in [4.78, 5) is 12.6. The van der Waals surface area contributed by atoms with Crippen molar-refractivity contribution in [2.24, 2.45) is 11.3 Å². The van der Waals surface area contributed by atoms with Gasteiger partial charge >= 0.3 is 0 Å². The van der Waals surface area contributed by atoms with Crippen LogP contribution in [0.1, 0.15) is 44.9 Å². The number of rotatable bonds is 2. The summed E-state index contributed by atoms with van der Waals surface area (Å²) in [5.41, 5.74) is 0.164. The Morgan fingerprint density at radius 1 is 1.16 bits per heavy atom. The number of nitrogens with one attached hydrogen (secondary N) is 2. The number of carbonyl (C=O) groups excluding carboxylic acids is 1. The first kappa shape index (κ1) is 13.4. The molecule has 0 aromatic rings. The number of ether oxygens (including phenoxy) is 1. The zero-order valence-corrected chi connectivity index (χ0v) is 11.7. The van der Waals surface area contributed by atoms with Crippen LogP contribution in [0.15, 0.2) is 0 Å². The Hall–Kier alpha value is -0.610. The van der Waals surface area contributed by atoms with Crippen molar-refractivity contribution < 1.29 is 9.53 Å². The van der Waals surface area contributed by atoms with Gasteiger partial charge in [0.15, 0.2) is 0 Å². The van der Waals surface area contributed by atoms with Crippen molar-refractivity contribution in [2.75, 3.05) is 26.3 Å². The topological polar surface area (TPSA) is 50.4 Å². The smallest absolute Gasteiger partial charge is 0.225 e. The van der Waals surface area contributed by atoms with Crippen LogP contribution in [0.4, 0.5) is 0 Å². The van der Waals surface area contributed by atoms with Crippen LogP contribution in [0.3, 0.4) is 0 Å². The van der Waals surface area contributed by atoms with Crippen molar-refractivity contribution in [1.82, 2.24) is 10.6 Å². The summed E-state index contributed by atoms with van der Waals surface area (Å²) in [6.07, 6.45) is 8.27. The Kier molecular flexibility index (Phi) is 4.08. The Morgan fingerprint density at radius 2 is 1.89 bits per heavy atom. The van der Waals surface area contributed by atoms with Gasteiger partial charge in [0.05, 0.1) is 5.92 Å². The molecular weight excluding hydrogens is 240 g/mol. The van der Waals surface area contributed by atoms with E-state index in [-0.39, 0.29) is 11.3 Å². The van der Waals surface area contributed by atoms with Crippen molar-refractivity contribution in [2.45, 2.75) is 51.0 Å². The van der Waals surface area contributed by atoms with E-state index in [4.69, 9.17) is 4.74 Å². The Morgan fingerprint density at radius 3 is 2.63 bits per heavy atom. The molecule has 0 unspecified atom stereocenters. The van der Waals surface area contributed by atoms with E-state index in [1.165, 1.54) is 32.1 Å². The third kappa shape index (κ3) is 2.79. The van der Waals surface area contributed by atoms with Gasteiger partial charge in [0.2, 0.25) is 5.91 Å². The molecule has 1 amide bonds. The van der Waals surface area contributed by atoms with Gasteiger partial charge in [0, 0.05) is 32.3 Å². The number of hydrogen-bond donors (Lipinski definition) is 2. The fourth-order valence-corrected chi connectivity index (χ4v) is 4.03. The summed E-state index contributed by atoms with van der Waals surface area (Å²) in [6, 6.07) is 0.429. The summed E-state index contributed by atoms with van der Waals surface area (Å²) >= 11 is 0. The molecule has 1 saturated carbocycles. The van der Waals surface area contributed by atoms with Crippen molar-refractivity contribution in [3.05, 3.63) is 0 Å². The predicted molar refractivity (Wildman–Crippen MR) is 73.9 cm³/mol. The lowest BCUT2D eigenvalue weighted by Gasteiger charge is -2.38. The molecule has 4 nitrogen and oxygen atoms in total. The quantitative estimate of drug-likeness (QED) is 0.795. The van der Waals surface area contributed by atoms with Crippen molar-refractivity contribution >= 4 is 5.91 Å². The number of amides is 1. The molecular formula is C15H26N2O2. The van der Waals surface area contributed by atoms with Gasteiger partial charge < -0.3 is 15.4 Å². The molecule has 4 heteroatoms. The lowest BCUT2D eigenvalue weighted by molar-refractivity contribution is -0.130. The largest absolute Gasteiger partial charge is 0.381 e. The van der Waals surface area contributed by atoms with E-state index < -0.39 is 0 Å². The molecule has 1 spiro atoms. The van der Waals surface area contributed by atoms with E-state index in [1.807, 2.05) is 0 Å². The highest BCUT2D eigenvalue weighted by molar-refractivity contribution is 5.80. The number of carbonyl (C=O) groups is 1. The molecule has 1 aliphatic carbocycles. The standard InChI is InChI=1S/C15H26N2O2/c18-14(17-12-4-2-1-3-5-12)13-10-16-11-15(13)6-8-19-9-7-15/h12-13,16H,1-11H2,(H,17,18)/t13-/m1/s1. The minimum atomic E-state index is 0.151. The monoisotopic (exact) mass is 266 g/mol. The SMILES string of the molecule is O=C(NC1CCCCC1)[C@H]1CNCC12CCOCC2. The van der Waals surface area contributed by atoms with Crippen LogP contribution in [0.25, 0.3) is 0 Å². The minimum absolute atomic E-state index is 0.151. The highest BCUT2D eigenvalue weighted by Gasteiger charge is 2.47. The molecule has 3 aliphatic rings. The average molecular weight is 266 g/mol. The predicted octanol–water partition coefficient (Wildman–Crippen LogP) is 1.45. The third-order valence-corrected chi connectivity index (χ3v) is 5.32. The molecule has 19 heavy (non-hydrogen) atoms. The van der Waals surface area contributed by atoms with E-state index in [9.17, 15) is 4.79 Å². The van der Waals surface area contributed by atoms with Gasteiger partial charge in [-0.05, 0) is 31.1 Å². The first-order chi connectivity index (χ1) is 9.30. The highest BCUT2D eigenvalue weighted by atomic mass is 16.5. The van der Waals surface area contributed by atoms with Gasteiger partial charge in [0.1, 0.15) is 0 Å². The molecule has 1 atom stereocenters. The van der Waals surface area contributed by atoms with Crippen LogP contribution in [-0.4, -0.2) is 38.3 Å². The van der Waals surface area contributed by atoms with Crippen LogP contribution in [0, 0.1) is 11.3 Å².